The summed E-state index contributed by atoms with van der Waals surface area (Å²) in [6, 6.07) is 2.31. The number of allylic oxidation sites excluding steroid dienone is 2. The molecule has 1 rings (SSSR count). The number of hydrogen-bond acceptors (Lipinski definition) is 1. The Kier molecular flexibility index (Phi) is 8.16. The van der Waals surface area contributed by atoms with Crippen LogP contribution in [0, 0.1) is 16.7 Å². The molecule has 0 aliphatic carbocycles. The van der Waals surface area contributed by atoms with Crippen LogP contribution in [0.2, 0.25) is 0 Å². The van der Waals surface area contributed by atoms with Crippen LogP contribution >= 0.6 is 8.20 Å². The first kappa shape index (κ1) is 17.5. The fourth-order valence-corrected chi connectivity index (χ4v) is 5.03. The molecule has 1 nitrogen and oxygen atoms in total. The third kappa shape index (κ3) is 4.20. The van der Waals surface area contributed by atoms with Gasteiger partial charge in [-0.15, -0.1) is 0 Å². The molecule has 0 spiro atoms. The van der Waals surface area contributed by atoms with E-state index in [1.54, 1.807) is 5.29 Å². The van der Waals surface area contributed by atoms with Crippen LogP contribution < -0.4 is 0 Å². The molecule has 0 atom stereocenters. The van der Waals surface area contributed by atoms with Gasteiger partial charge < -0.3 is 0 Å². The first-order chi connectivity index (χ1) is 9.75. The van der Waals surface area contributed by atoms with Crippen molar-refractivity contribution in [1.82, 2.24) is 0 Å². The summed E-state index contributed by atoms with van der Waals surface area (Å²) in [5.41, 5.74) is 1.72. The lowest BCUT2D eigenvalue weighted by Crippen LogP contribution is -2.30. The van der Waals surface area contributed by atoms with E-state index < -0.39 is 0 Å². The largest absolute Gasteiger partial charge is 0.193 e. The van der Waals surface area contributed by atoms with Crippen LogP contribution in [-0.4, -0.2) is 11.5 Å². The maximum absolute atomic E-state index is 9.13. The number of hydrogen-bond donors (Lipinski definition) is 0. The summed E-state index contributed by atoms with van der Waals surface area (Å²) in [6.45, 7) is 6.83. The van der Waals surface area contributed by atoms with Gasteiger partial charge in [0.2, 0.25) is 0 Å². The van der Waals surface area contributed by atoms with Crippen LogP contribution in [0.1, 0.15) is 78.6 Å². The summed E-state index contributed by atoms with van der Waals surface area (Å²) in [4.78, 5) is 0. The van der Waals surface area contributed by atoms with E-state index >= 15 is 0 Å². The van der Waals surface area contributed by atoms with Crippen molar-refractivity contribution in [2.75, 3.05) is 6.16 Å². The highest BCUT2D eigenvalue weighted by Gasteiger charge is 2.39. The second-order valence-electron chi connectivity index (χ2n) is 5.95. The van der Waals surface area contributed by atoms with Crippen molar-refractivity contribution < 1.29 is 0 Å². The van der Waals surface area contributed by atoms with Gasteiger partial charge in [0.1, 0.15) is 0 Å². The summed E-state index contributed by atoms with van der Waals surface area (Å²) in [5, 5.41) is 10.9. The summed E-state index contributed by atoms with van der Waals surface area (Å²) in [5.74, 6) is 0. The highest BCUT2D eigenvalue weighted by Crippen LogP contribution is 2.49. The zero-order valence-electron chi connectivity index (χ0n) is 13.5. The van der Waals surface area contributed by atoms with Gasteiger partial charge in [-0.3, -0.25) is 0 Å². The van der Waals surface area contributed by atoms with E-state index in [0.717, 1.165) is 6.16 Å². The molecule has 0 unspecified atom stereocenters. The van der Waals surface area contributed by atoms with E-state index in [-0.39, 0.29) is 5.41 Å². The number of rotatable bonds is 9. The van der Waals surface area contributed by atoms with Crippen molar-refractivity contribution in [3.8, 4) is 6.07 Å². The van der Waals surface area contributed by atoms with Crippen molar-refractivity contribution in [1.29, 1.82) is 5.26 Å². The lowest BCUT2D eigenvalue weighted by atomic mass is 9.69. The van der Waals surface area contributed by atoms with Crippen molar-refractivity contribution >= 4 is 13.5 Å². The molecule has 0 amide bonds. The highest BCUT2D eigenvalue weighted by atomic mass is 31.1. The van der Waals surface area contributed by atoms with Crippen LogP contribution in [0.3, 0.4) is 0 Å². The van der Waals surface area contributed by atoms with Crippen LogP contribution in [0.25, 0.3) is 0 Å². The van der Waals surface area contributed by atoms with Gasteiger partial charge in [0, 0.05) is 17.7 Å². The summed E-state index contributed by atoms with van der Waals surface area (Å²) in [6.07, 6.45) is 14.5. The third-order valence-corrected chi connectivity index (χ3v) is 6.06. The predicted octanol–water partition coefficient (Wildman–Crippen LogP) is 6.13. The van der Waals surface area contributed by atoms with Crippen molar-refractivity contribution in [2.45, 2.75) is 78.6 Å². The smallest absolute Gasteiger partial charge is 0.0912 e. The monoisotopic (exact) mass is 291 g/mol. The molecule has 112 valence electrons. The molecule has 1 aliphatic heterocycles. The molecule has 20 heavy (non-hydrogen) atoms. The Bertz CT molecular complexity index is 379. The average Bonchev–Trinajstić information content (AvgIpc) is 2.79. The molecule has 0 saturated heterocycles. The summed E-state index contributed by atoms with van der Waals surface area (Å²) in [7, 11) is 1.50. The number of nitriles is 1. The Balaban J connectivity index is 3.01. The maximum atomic E-state index is 9.13. The first-order valence-electron chi connectivity index (χ1n) is 8.38. The van der Waals surface area contributed by atoms with E-state index in [9.17, 15) is 0 Å². The zero-order valence-corrected chi connectivity index (χ0v) is 14.4. The predicted molar refractivity (Wildman–Crippen MR) is 91.5 cm³/mol. The molecule has 0 aromatic carbocycles. The molecule has 0 aromatic heterocycles. The minimum absolute atomic E-state index is 0.276. The molecule has 1 aliphatic rings. The van der Waals surface area contributed by atoms with E-state index in [0.29, 0.717) is 0 Å². The molecular weight excluding hydrogens is 261 g/mol. The van der Waals surface area contributed by atoms with Gasteiger partial charge in [0.05, 0.1) is 6.07 Å². The maximum Gasteiger partial charge on any atom is 0.0912 e. The molecule has 0 N–H and O–H groups in total. The van der Waals surface area contributed by atoms with Gasteiger partial charge in [-0.05, 0) is 36.5 Å². The Morgan fingerprint density at radius 1 is 1.10 bits per heavy atom. The van der Waals surface area contributed by atoms with Gasteiger partial charge in [-0.25, -0.2) is 0 Å². The van der Waals surface area contributed by atoms with E-state index in [2.05, 4.69) is 26.8 Å². The molecule has 0 aromatic rings. The van der Waals surface area contributed by atoms with Gasteiger partial charge in [0.15, 0.2) is 0 Å². The highest BCUT2D eigenvalue weighted by molar-refractivity contribution is 7.41. The first-order valence-corrected chi connectivity index (χ1v) is 9.46. The minimum atomic E-state index is 0.276. The molecule has 0 fully saturated rings. The lowest BCUT2D eigenvalue weighted by Gasteiger charge is -2.34. The fraction of sp³-hybridized carbons (Fsp3) is 0.778. The second-order valence-corrected chi connectivity index (χ2v) is 7.13. The standard InChI is InChI=1S/C18H30NP/c1-4-7-10-17-18(12-8-5-2,13-9-6-3)16(11-14-19)15-20-17/h11H,4-10,12-13,15H2,1-3H3. The molecule has 0 saturated carbocycles. The van der Waals surface area contributed by atoms with Gasteiger partial charge in [-0.1, -0.05) is 61.1 Å². The minimum Gasteiger partial charge on any atom is -0.193 e. The zero-order chi connectivity index (χ0) is 14.8. The normalized spacial score (nSPS) is 19.9. The molecule has 1 heterocycles. The van der Waals surface area contributed by atoms with Crippen LogP contribution in [0.5, 0.6) is 0 Å². The Labute approximate surface area is 127 Å². The molecular formula is C18H30NP. The quantitative estimate of drug-likeness (QED) is 0.370. The average molecular weight is 291 g/mol. The van der Waals surface area contributed by atoms with Gasteiger partial charge in [-0.2, -0.15) is 5.26 Å². The third-order valence-electron chi connectivity index (χ3n) is 4.53. The van der Waals surface area contributed by atoms with Crippen LogP contribution in [0.4, 0.5) is 0 Å². The molecule has 0 bridgehead atoms. The lowest BCUT2D eigenvalue weighted by molar-refractivity contribution is 0.395. The van der Waals surface area contributed by atoms with E-state index in [4.69, 9.17) is 5.26 Å². The molecule has 0 radical (unpaired) electrons. The van der Waals surface area contributed by atoms with Crippen molar-refractivity contribution in [3.63, 3.8) is 0 Å². The summed E-state index contributed by atoms with van der Waals surface area (Å²) >= 11 is 0. The van der Waals surface area contributed by atoms with Crippen molar-refractivity contribution in [2.24, 2.45) is 5.41 Å². The number of unbranched alkanes of at least 4 members (excludes halogenated alkanes) is 3. The Hall–Kier alpha value is -0.600. The van der Waals surface area contributed by atoms with E-state index in [1.165, 1.54) is 71.6 Å². The Morgan fingerprint density at radius 3 is 2.20 bits per heavy atom. The fourth-order valence-electron chi connectivity index (χ4n) is 3.28. The van der Waals surface area contributed by atoms with Crippen LogP contribution in [-0.2, 0) is 0 Å². The van der Waals surface area contributed by atoms with Gasteiger partial charge in [0.25, 0.3) is 0 Å². The Morgan fingerprint density at radius 2 is 1.70 bits per heavy atom. The molecule has 2 heteroatoms. The SMILES string of the molecule is CCCCC1=PCC(=CC#N)C1(CCCC)CCCC. The topological polar surface area (TPSA) is 23.8 Å². The van der Waals surface area contributed by atoms with Crippen molar-refractivity contribution in [3.05, 3.63) is 11.6 Å². The van der Waals surface area contributed by atoms with Crippen LogP contribution in [0.15, 0.2) is 11.6 Å². The van der Waals surface area contributed by atoms with E-state index in [1.807, 2.05) is 6.08 Å². The number of nitrogens with zero attached hydrogens (tertiary/aromatic N) is 1. The second kappa shape index (κ2) is 9.36. The van der Waals surface area contributed by atoms with Gasteiger partial charge >= 0.3 is 0 Å². The summed E-state index contributed by atoms with van der Waals surface area (Å²) < 4.78 is 0.